The highest BCUT2D eigenvalue weighted by Crippen LogP contribution is 2.38. The molecule has 0 unspecified atom stereocenters. The lowest BCUT2D eigenvalue weighted by Gasteiger charge is -2.34. The third-order valence-electron chi connectivity index (χ3n) is 4.02. The minimum atomic E-state index is -4.68. The van der Waals surface area contributed by atoms with Gasteiger partial charge in [-0.25, -0.2) is 8.42 Å². The molecule has 0 spiro atoms. The van der Waals surface area contributed by atoms with Crippen molar-refractivity contribution in [1.82, 2.24) is 5.32 Å². The number of nitrogens with one attached hydrogen (secondary N) is 1. The van der Waals surface area contributed by atoms with Gasteiger partial charge in [-0.1, -0.05) is 18.2 Å². The highest BCUT2D eigenvalue weighted by Gasteiger charge is 2.38. The summed E-state index contributed by atoms with van der Waals surface area (Å²) in [5.41, 5.74) is -0.928. The number of rotatable bonds is 3. The molecule has 1 aliphatic rings. The Morgan fingerprint density at radius 1 is 1.19 bits per heavy atom. The van der Waals surface area contributed by atoms with E-state index in [9.17, 15) is 26.4 Å². The van der Waals surface area contributed by atoms with E-state index in [4.69, 9.17) is 4.74 Å². The maximum absolute atomic E-state index is 13.1. The summed E-state index contributed by atoms with van der Waals surface area (Å²) in [6.07, 6.45) is -5.82. The molecule has 27 heavy (non-hydrogen) atoms. The number of nitrogens with zero attached hydrogens (tertiary/aromatic N) is 1. The van der Waals surface area contributed by atoms with Gasteiger partial charge in [0.1, 0.15) is 5.75 Å². The SMILES string of the molecule is CNC(=O)[C@@H]1CN(S(=O)(=O)c2cccc(C(F)(F)F)c2)c2ccccc2O1. The molecule has 1 aliphatic heterocycles. The van der Waals surface area contributed by atoms with Crippen LogP contribution >= 0.6 is 0 Å². The number of ether oxygens (including phenoxy) is 1. The topological polar surface area (TPSA) is 75.7 Å². The summed E-state index contributed by atoms with van der Waals surface area (Å²) in [6, 6.07) is 9.58. The fraction of sp³-hybridized carbons (Fsp3) is 0.235. The Hall–Kier alpha value is -2.75. The van der Waals surface area contributed by atoms with Gasteiger partial charge in [0.05, 0.1) is 22.7 Å². The minimum Gasteiger partial charge on any atom is -0.476 e. The highest BCUT2D eigenvalue weighted by molar-refractivity contribution is 7.92. The lowest BCUT2D eigenvalue weighted by molar-refractivity contribution is -0.137. The third-order valence-corrected chi connectivity index (χ3v) is 5.80. The van der Waals surface area contributed by atoms with E-state index in [0.717, 1.165) is 22.5 Å². The predicted octanol–water partition coefficient (Wildman–Crippen LogP) is 2.41. The van der Waals surface area contributed by atoms with Gasteiger partial charge in [0.25, 0.3) is 15.9 Å². The number of amides is 1. The monoisotopic (exact) mass is 400 g/mol. The average molecular weight is 400 g/mol. The molecule has 0 saturated heterocycles. The Morgan fingerprint density at radius 3 is 2.56 bits per heavy atom. The van der Waals surface area contributed by atoms with E-state index in [1.54, 1.807) is 12.1 Å². The average Bonchev–Trinajstić information content (AvgIpc) is 2.65. The quantitative estimate of drug-likeness (QED) is 0.859. The molecule has 1 atom stereocenters. The second-order valence-electron chi connectivity index (χ2n) is 5.75. The largest absolute Gasteiger partial charge is 0.476 e. The van der Waals surface area contributed by atoms with E-state index in [2.05, 4.69) is 5.32 Å². The first-order valence-corrected chi connectivity index (χ1v) is 9.26. The Bertz CT molecular complexity index is 976. The summed E-state index contributed by atoms with van der Waals surface area (Å²) in [5.74, 6) is -0.401. The first-order chi connectivity index (χ1) is 12.6. The molecular weight excluding hydrogens is 385 g/mol. The zero-order chi connectivity index (χ0) is 19.8. The second kappa shape index (κ2) is 6.76. The summed E-state index contributed by atoms with van der Waals surface area (Å²) in [7, 11) is -2.99. The fourth-order valence-electron chi connectivity index (χ4n) is 2.69. The van der Waals surface area contributed by atoms with Crippen molar-refractivity contribution in [2.45, 2.75) is 17.2 Å². The van der Waals surface area contributed by atoms with E-state index in [-0.39, 0.29) is 18.0 Å². The minimum absolute atomic E-state index is 0.146. The fourth-order valence-corrected chi connectivity index (χ4v) is 4.21. The van der Waals surface area contributed by atoms with Crippen LogP contribution in [-0.2, 0) is 21.0 Å². The maximum Gasteiger partial charge on any atom is 0.416 e. The standard InChI is InChI=1S/C17H15F3N2O4S/c1-21-16(23)15-10-22(13-7-2-3-8-14(13)26-15)27(24,25)12-6-4-5-11(9-12)17(18,19)20/h2-9,15H,10H2,1H3,(H,21,23)/t15-/m0/s1. The molecule has 0 saturated carbocycles. The van der Waals surface area contributed by atoms with Gasteiger partial charge in [-0.2, -0.15) is 13.2 Å². The van der Waals surface area contributed by atoms with Crippen molar-refractivity contribution in [3.63, 3.8) is 0 Å². The third kappa shape index (κ3) is 3.57. The van der Waals surface area contributed by atoms with Crippen LogP contribution in [0.4, 0.5) is 18.9 Å². The predicted molar refractivity (Wildman–Crippen MR) is 90.9 cm³/mol. The molecule has 0 fully saturated rings. The lowest BCUT2D eigenvalue weighted by Crippen LogP contribution is -2.50. The molecule has 1 amide bonds. The highest BCUT2D eigenvalue weighted by atomic mass is 32.2. The zero-order valence-corrected chi connectivity index (χ0v) is 14.8. The first kappa shape index (κ1) is 19.0. The number of carbonyl (C=O) groups excluding carboxylic acids is 1. The zero-order valence-electron chi connectivity index (χ0n) is 14.0. The van der Waals surface area contributed by atoms with Crippen LogP contribution < -0.4 is 14.4 Å². The summed E-state index contributed by atoms with van der Waals surface area (Å²) >= 11 is 0. The van der Waals surface area contributed by atoms with Crippen LogP contribution in [0.2, 0.25) is 0 Å². The van der Waals surface area contributed by atoms with Gasteiger partial charge in [-0.15, -0.1) is 0 Å². The smallest absolute Gasteiger partial charge is 0.416 e. The van der Waals surface area contributed by atoms with Crippen LogP contribution in [0.1, 0.15) is 5.56 Å². The van der Waals surface area contributed by atoms with Gasteiger partial charge in [-0.05, 0) is 30.3 Å². The molecule has 1 heterocycles. The first-order valence-electron chi connectivity index (χ1n) is 7.82. The van der Waals surface area contributed by atoms with E-state index in [1.165, 1.54) is 19.2 Å². The number of carbonyl (C=O) groups is 1. The number of sulfonamides is 1. The van der Waals surface area contributed by atoms with Crippen LogP contribution in [-0.4, -0.2) is 34.0 Å². The van der Waals surface area contributed by atoms with E-state index in [0.29, 0.717) is 6.07 Å². The van der Waals surface area contributed by atoms with Crippen LogP contribution in [0.3, 0.4) is 0 Å². The molecular formula is C17H15F3N2O4S. The number of hydrogen-bond acceptors (Lipinski definition) is 4. The molecule has 3 rings (SSSR count). The number of likely N-dealkylation sites (N-methyl/N-ethyl adjacent to an activating group) is 1. The van der Waals surface area contributed by atoms with Crippen molar-refractivity contribution in [3.8, 4) is 5.75 Å². The lowest BCUT2D eigenvalue weighted by atomic mass is 10.2. The molecule has 2 aromatic rings. The van der Waals surface area contributed by atoms with E-state index >= 15 is 0 Å². The van der Waals surface area contributed by atoms with Crippen molar-refractivity contribution in [2.24, 2.45) is 0 Å². The van der Waals surface area contributed by atoms with Gasteiger partial charge in [0.2, 0.25) is 0 Å². The van der Waals surface area contributed by atoms with Crippen LogP contribution in [0.15, 0.2) is 53.4 Å². The van der Waals surface area contributed by atoms with Crippen LogP contribution in [0, 0.1) is 0 Å². The second-order valence-corrected chi connectivity index (χ2v) is 7.61. The number of benzene rings is 2. The normalized spacial score (nSPS) is 17.0. The molecule has 2 aromatic carbocycles. The number of hydrogen-bond donors (Lipinski definition) is 1. The summed E-state index contributed by atoms with van der Waals surface area (Å²) in [5, 5.41) is 2.37. The Labute approximate surface area is 153 Å². The molecule has 1 N–H and O–H groups in total. The molecule has 0 radical (unpaired) electrons. The van der Waals surface area contributed by atoms with Gasteiger partial charge < -0.3 is 10.1 Å². The summed E-state index contributed by atoms with van der Waals surface area (Å²) < 4.78 is 71.4. The molecule has 0 aromatic heterocycles. The van der Waals surface area contributed by atoms with Gasteiger partial charge >= 0.3 is 6.18 Å². The van der Waals surface area contributed by atoms with Crippen molar-refractivity contribution in [2.75, 3.05) is 17.9 Å². The van der Waals surface area contributed by atoms with E-state index < -0.39 is 38.7 Å². The number of alkyl halides is 3. The number of para-hydroxylation sites is 2. The van der Waals surface area contributed by atoms with Crippen LogP contribution in [0.25, 0.3) is 0 Å². The number of halogens is 3. The summed E-state index contributed by atoms with van der Waals surface area (Å²) in [4.78, 5) is 11.4. The van der Waals surface area contributed by atoms with Crippen molar-refractivity contribution < 1.29 is 31.1 Å². The maximum atomic E-state index is 13.1. The Balaban J connectivity index is 2.09. The van der Waals surface area contributed by atoms with Gasteiger partial charge in [0, 0.05) is 7.05 Å². The Morgan fingerprint density at radius 2 is 1.89 bits per heavy atom. The van der Waals surface area contributed by atoms with Gasteiger partial charge in [-0.3, -0.25) is 9.10 Å². The van der Waals surface area contributed by atoms with Gasteiger partial charge in [0.15, 0.2) is 6.10 Å². The van der Waals surface area contributed by atoms with Crippen molar-refractivity contribution in [1.29, 1.82) is 0 Å². The molecule has 6 nitrogen and oxygen atoms in total. The van der Waals surface area contributed by atoms with E-state index in [1.807, 2.05) is 0 Å². The molecule has 0 aliphatic carbocycles. The number of fused-ring (bicyclic) bond motifs is 1. The Kier molecular flexibility index (Phi) is 4.77. The van der Waals surface area contributed by atoms with Crippen molar-refractivity contribution in [3.05, 3.63) is 54.1 Å². The molecule has 10 heteroatoms. The van der Waals surface area contributed by atoms with Crippen LogP contribution in [0.5, 0.6) is 5.75 Å². The molecule has 144 valence electrons. The molecule has 0 bridgehead atoms. The number of anilines is 1. The summed E-state index contributed by atoms with van der Waals surface area (Å²) in [6.45, 7) is -0.366. The van der Waals surface area contributed by atoms with Crippen molar-refractivity contribution >= 4 is 21.6 Å².